The van der Waals surface area contributed by atoms with E-state index >= 15 is 0 Å². The average Bonchev–Trinajstić information content (AvgIpc) is 1.67. The van der Waals surface area contributed by atoms with Crippen molar-refractivity contribution in [2.75, 3.05) is 0 Å². The first kappa shape index (κ1) is 13.1. The summed E-state index contributed by atoms with van der Waals surface area (Å²) < 4.78 is 0. The third kappa shape index (κ3) is 26.5. The fourth-order valence-electron chi connectivity index (χ4n) is 0. The Hall–Kier alpha value is 1.46. The Bertz CT molecular complexity index is 49.5. The normalized spacial score (nSPS) is 9.56. The van der Waals surface area contributed by atoms with Gasteiger partial charge in [0.05, 0.1) is 0 Å². The summed E-state index contributed by atoms with van der Waals surface area (Å²) in [5.74, 6) is 0. The van der Waals surface area contributed by atoms with Gasteiger partial charge in [-0.1, -0.05) is 27.2 Å². The van der Waals surface area contributed by atoms with Gasteiger partial charge in [0.2, 0.25) is 0 Å². The van der Waals surface area contributed by atoms with Gasteiger partial charge >= 0.3 is 37.9 Å². The molecule has 0 aliphatic rings. The van der Waals surface area contributed by atoms with Crippen molar-refractivity contribution >= 4 is 17.0 Å². The molecule has 0 saturated heterocycles. The fraction of sp³-hybridized carbons (Fsp3) is 0.833. The molecule has 0 radical (unpaired) electrons. The second-order valence-electron chi connectivity index (χ2n) is 2.59. The molecule has 0 bridgehead atoms. The first-order valence-electron chi connectivity index (χ1n) is 2.79. The van der Waals surface area contributed by atoms with Crippen LogP contribution >= 0.6 is 17.0 Å². The van der Waals surface area contributed by atoms with Gasteiger partial charge in [-0.2, -0.15) is 5.41 Å². The molecule has 0 N–H and O–H groups in total. The van der Waals surface area contributed by atoms with Crippen LogP contribution in [-0.2, 0) is 20.8 Å². The van der Waals surface area contributed by atoms with Crippen molar-refractivity contribution in [1.82, 2.24) is 0 Å². The van der Waals surface area contributed by atoms with Crippen LogP contribution in [0.4, 0.5) is 0 Å². The quantitative estimate of drug-likeness (QED) is 0.621. The van der Waals surface area contributed by atoms with E-state index in [0.29, 0.717) is 5.41 Å². The zero-order valence-corrected chi connectivity index (χ0v) is 10.1. The molecule has 0 unspecified atom stereocenters. The molecule has 0 aliphatic heterocycles. The fourth-order valence-corrected chi connectivity index (χ4v) is 0. The standard InChI is InChI=1S/C6H13.2ClH.Zr/c1-5-6(2,3)4;;;/h2,5H2,1,3-4H3;2*1H;/q-1;;;+2/p-2. The zero-order chi connectivity index (χ0) is 7.91. The van der Waals surface area contributed by atoms with Crippen LogP contribution in [0.25, 0.3) is 0 Å². The predicted molar refractivity (Wildman–Crippen MR) is 41.1 cm³/mol. The molecule has 0 nitrogen and oxygen atoms in total. The summed E-state index contributed by atoms with van der Waals surface area (Å²) in [6.07, 6.45) is 1.16. The Morgan fingerprint density at radius 1 is 1.44 bits per heavy atom. The molecule has 9 heavy (non-hydrogen) atoms. The van der Waals surface area contributed by atoms with Crippen molar-refractivity contribution in [1.29, 1.82) is 0 Å². The van der Waals surface area contributed by atoms with Crippen LogP contribution in [0.3, 0.4) is 0 Å². The van der Waals surface area contributed by atoms with Crippen molar-refractivity contribution < 1.29 is 20.8 Å². The Kier molecular flexibility index (Phi) is 11.0. The summed E-state index contributed by atoms with van der Waals surface area (Å²) in [6.45, 7) is 10.3. The van der Waals surface area contributed by atoms with Gasteiger partial charge in [0.1, 0.15) is 0 Å². The Balaban J connectivity index is 0. The summed E-state index contributed by atoms with van der Waals surface area (Å²) in [4.78, 5) is 0. The number of rotatable bonds is 1. The molecule has 0 atom stereocenters. The van der Waals surface area contributed by atoms with Crippen molar-refractivity contribution in [3.8, 4) is 0 Å². The molecule has 0 rings (SSSR count). The van der Waals surface area contributed by atoms with Gasteiger partial charge < -0.3 is 6.92 Å². The second-order valence-corrected chi connectivity index (χ2v) is 6.32. The van der Waals surface area contributed by atoms with E-state index in [2.05, 4.69) is 27.7 Å². The van der Waals surface area contributed by atoms with Gasteiger partial charge in [0.25, 0.3) is 0 Å². The maximum atomic E-state index is 4.93. The van der Waals surface area contributed by atoms with E-state index in [1.54, 1.807) is 0 Å². The van der Waals surface area contributed by atoms with Crippen LogP contribution in [0.1, 0.15) is 27.2 Å². The number of hydrogen-bond donors (Lipinski definition) is 0. The second kappa shape index (κ2) is 7.57. The SMILES string of the molecule is [CH2-]C(C)(C)CC.[Cl][Zr][Cl]. The van der Waals surface area contributed by atoms with Crippen molar-refractivity contribution in [2.45, 2.75) is 27.2 Å². The van der Waals surface area contributed by atoms with Crippen molar-refractivity contribution in [2.24, 2.45) is 5.41 Å². The molecular weight excluding hydrogens is 234 g/mol. The molecule has 0 aromatic heterocycles. The summed E-state index contributed by atoms with van der Waals surface area (Å²) >= 11 is -0.826. The minimum atomic E-state index is -0.826. The van der Waals surface area contributed by atoms with Crippen LogP contribution in [-0.4, -0.2) is 0 Å². The molecule has 56 valence electrons. The molecule has 0 aromatic rings. The van der Waals surface area contributed by atoms with E-state index in [1.165, 1.54) is 0 Å². The third-order valence-corrected chi connectivity index (χ3v) is 0.957. The molecule has 0 aliphatic carbocycles. The monoisotopic (exact) mass is 245 g/mol. The molecule has 0 spiro atoms. The van der Waals surface area contributed by atoms with Crippen LogP contribution in [0, 0.1) is 12.3 Å². The first-order chi connectivity index (χ1) is 3.97. The Morgan fingerprint density at radius 3 is 1.56 bits per heavy atom. The summed E-state index contributed by atoms with van der Waals surface area (Å²) in [6, 6.07) is 0. The molecular formula is C6H13Cl2Zr-. The summed E-state index contributed by atoms with van der Waals surface area (Å²) in [5.41, 5.74) is 0.292. The topological polar surface area (TPSA) is 0 Å². The average molecular weight is 247 g/mol. The van der Waals surface area contributed by atoms with E-state index in [1.807, 2.05) is 0 Å². The molecule has 0 saturated carbocycles. The van der Waals surface area contributed by atoms with Crippen LogP contribution in [0.2, 0.25) is 0 Å². The van der Waals surface area contributed by atoms with Gasteiger partial charge in [0.15, 0.2) is 0 Å². The molecule has 0 heterocycles. The van der Waals surface area contributed by atoms with Crippen molar-refractivity contribution in [3.63, 3.8) is 0 Å². The zero-order valence-electron chi connectivity index (χ0n) is 6.17. The predicted octanol–water partition coefficient (Wildman–Crippen LogP) is 3.63. The van der Waals surface area contributed by atoms with E-state index in [-0.39, 0.29) is 0 Å². The first-order valence-corrected chi connectivity index (χ1v) is 9.12. The molecule has 0 amide bonds. The minimum absolute atomic E-state index is 0.292. The van der Waals surface area contributed by atoms with Gasteiger partial charge in [-0.15, -0.1) is 0 Å². The number of halogens is 2. The van der Waals surface area contributed by atoms with E-state index in [0.717, 1.165) is 6.42 Å². The summed E-state index contributed by atoms with van der Waals surface area (Å²) in [5, 5.41) is 0. The van der Waals surface area contributed by atoms with Gasteiger partial charge in [0, 0.05) is 0 Å². The van der Waals surface area contributed by atoms with Gasteiger partial charge in [-0.05, 0) is 0 Å². The number of hydrogen-bond acceptors (Lipinski definition) is 0. The van der Waals surface area contributed by atoms with E-state index < -0.39 is 20.8 Å². The molecule has 3 heteroatoms. The van der Waals surface area contributed by atoms with Gasteiger partial charge in [-0.3, -0.25) is 0 Å². The van der Waals surface area contributed by atoms with Crippen LogP contribution in [0.15, 0.2) is 0 Å². The van der Waals surface area contributed by atoms with Gasteiger partial charge in [-0.25, -0.2) is 0 Å². The maximum absolute atomic E-state index is 4.93. The summed E-state index contributed by atoms with van der Waals surface area (Å²) in [7, 11) is 9.87. The molecule has 0 fully saturated rings. The van der Waals surface area contributed by atoms with E-state index in [4.69, 9.17) is 17.0 Å². The molecule has 0 aromatic carbocycles. The third-order valence-electron chi connectivity index (χ3n) is 0.957. The Labute approximate surface area is 77.0 Å². The Morgan fingerprint density at radius 2 is 1.56 bits per heavy atom. The van der Waals surface area contributed by atoms with Crippen LogP contribution in [0.5, 0.6) is 0 Å². The van der Waals surface area contributed by atoms with Crippen LogP contribution < -0.4 is 0 Å². The van der Waals surface area contributed by atoms with E-state index in [9.17, 15) is 0 Å². The van der Waals surface area contributed by atoms with Crippen molar-refractivity contribution in [3.05, 3.63) is 6.92 Å².